The Morgan fingerprint density at radius 2 is 2.35 bits per heavy atom. The number of aromatic nitrogens is 4. The molecule has 2 rings (SSSR count). The van der Waals surface area contributed by atoms with E-state index in [4.69, 9.17) is 5.11 Å². The Bertz CT molecular complexity index is 487. The molecule has 0 amide bonds. The highest BCUT2D eigenvalue weighted by Crippen LogP contribution is 2.24. The molecule has 0 radical (unpaired) electrons. The lowest BCUT2D eigenvalue weighted by atomic mass is 10.4. The number of nitrogens with zero attached hydrogens (tertiary/aromatic N) is 3. The van der Waals surface area contributed by atoms with Gasteiger partial charge in [0.25, 0.3) is 0 Å². The molecular weight excluding hydrogens is 238 g/mol. The van der Waals surface area contributed by atoms with E-state index in [1.807, 2.05) is 0 Å². The van der Waals surface area contributed by atoms with Crippen molar-refractivity contribution in [3.63, 3.8) is 0 Å². The van der Waals surface area contributed by atoms with Gasteiger partial charge in [0.2, 0.25) is 5.95 Å². The minimum Gasteiger partial charge on any atom is -0.396 e. The van der Waals surface area contributed by atoms with Crippen molar-refractivity contribution in [2.24, 2.45) is 0 Å². The van der Waals surface area contributed by atoms with Gasteiger partial charge in [-0.1, -0.05) is 6.92 Å². The number of anilines is 1. The fourth-order valence-electron chi connectivity index (χ4n) is 1.38. The van der Waals surface area contributed by atoms with Gasteiger partial charge in [-0.15, -0.1) is 11.8 Å². The van der Waals surface area contributed by atoms with Crippen molar-refractivity contribution in [2.45, 2.75) is 18.4 Å². The summed E-state index contributed by atoms with van der Waals surface area (Å²) in [5.74, 6) is 1.22. The van der Waals surface area contributed by atoms with E-state index in [-0.39, 0.29) is 6.61 Å². The molecular formula is C10H15N5OS. The molecule has 92 valence electrons. The highest BCUT2D eigenvalue weighted by atomic mass is 32.2. The van der Waals surface area contributed by atoms with Crippen LogP contribution >= 0.6 is 11.8 Å². The minimum absolute atomic E-state index is 0.131. The molecule has 7 heteroatoms. The van der Waals surface area contributed by atoms with E-state index in [9.17, 15) is 0 Å². The van der Waals surface area contributed by atoms with E-state index in [2.05, 4.69) is 32.4 Å². The summed E-state index contributed by atoms with van der Waals surface area (Å²) in [6.07, 6.45) is 2.72. The third-order valence-corrected chi connectivity index (χ3v) is 3.11. The quantitative estimate of drug-likeness (QED) is 0.530. The highest BCUT2D eigenvalue weighted by Gasteiger charge is 2.09. The summed E-state index contributed by atoms with van der Waals surface area (Å²) < 4.78 is 0. The lowest BCUT2D eigenvalue weighted by Crippen LogP contribution is -2.05. The van der Waals surface area contributed by atoms with Crippen LogP contribution in [0.15, 0.2) is 11.2 Å². The summed E-state index contributed by atoms with van der Waals surface area (Å²) in [7, 11) is 0. The van der Waals surface area contributed by atoms with E-state index in [1.54, 1.807) is 6.20 Å². The monoisotopic (exact) mass is 253 g/mol. The van der Waals surface area contributed by atoms with Gasteiger partial charge >= 0.3 is 0 Å². The van der Waals surface area contributed by atoms with Crippen LogP contribution < -0.4 is 5.32 Å². The molecule has 3 N–H and O–H groups in total. The van der Waals surface area contributed by atoms with Crippen LogP contribution in [0.1, 0.15) is 13.3 Å². The van der Waals surface area contributed by atoms with Crippen molar-refractivity contribution in [3.8, 4) is 0 Å². The van der Waals surface area contributed by atoms with Crippen molar-refractivity contribution in [2.75, 3.05) is 24.2 Å². The molecule has 0 unspecified atom stereocenters. The topological polar surface area (TPSA) is 86.7 Å². The molecule has 0 aliphatic heterocycles. The maximum absolute atomic E-state index is 8.86. The normalized spacial score (nSPS) is 10.9. The van der Waals surface area contributed by atoms with Gasteiger partial charge in [-0.05, 0) is 6.42 Å². The fraction of sp³-hybridized carbons (Fsp3) is 0.500. The first-order valence-corrected chi connectivity index (χ1v) is 6.52. The van der Waals surface area contributed by atoms with Gasteiger partial charge in [0, 0.05) is 12.3 Å². The Morgan fingerprint density at radius 1 is 1.47 bits per heavy atom. The van der Waals surface area contributed by atoms with Crippen LogP contribution in [0.25, 0.3) is 11.0 Å². The van der Waals surface area contributed by atoms with Gasteiger partial charge in [-0.2, -0.15) is 10.1 Å². The average Bonchev–Trinajstić information content (AvgIpc) is 2.81. The fourth-order valence-corrected chi connectivity index (χ4v) is 2.12. The second-order valence-electron chi connectivity index (χ2n) is 3.48. The van der Waals surface area contributed by atoms with Crippen LogP contribution in [0.3, 0.4) is 0 Å². The summed E-state index contributed by atoms with van der Waals surface area (Å²) in [5, 5.41) is 20.5. The highest BCUT2D eigenvalue weighted by molar-refractivity contribution is 7.99. The Morgan fingerprint density at radius 3 is 3.12 bits per heavy atom. The number of aliphatic hydroxyl groups is 1. The number of aromatic amines is 1. The van der Waals surface area contributed by atoms with Crippen molar-refractivity contribution >= 4 is 28.7 Å². The zero-order valence-electron chi connectivity index (χ0n) is 9.60. The number of fused-ring (bicyclic) bond motifs is 1. The molecule has 0 aliphatic carbocycles. The van der Waals surface area contributed by atoms with Crippen molar-refractivity contribution in [1.29, 1.82) is 0 Å². The summed E-state index contributed by atoms with van der Waals surface area (Å²) in [5.41, 5.74) is 0.721. The van der Waals surface area contributed by atoms with Gasteiger partial charge < -0.3 is 10.4 Å². The summed E-state index contributed by atoms with van der Waals surface area (Å²) >= 11 is 1.50. The molecule has 0 saturated heterocycles. The lowest BCUT2D eigenvalue weighted by Gasteiger charge is -2.05. The molecule has 2 aromatic heterocycles. The maximum Gasteiger partial charge on any atom is 0.225 e. The third kappa shape index (κ3) is 2.86. The van der Waals surface area contributed by atoms with Gasteiger partial charge in [-0.3, -0.25) is 5.10 Å². The Kier molecular flexibility index (Phi) is 4.16. The van der Waals surface area contributed by atoms with Gasteiger partial charge in [0.05, 0.1) is 18.2 Å². The number of rotatable bonds is 6. The van der Waals surface area contributed by atoms with Gasteiger partial charge in [-0.25, -0.2) is 4.98 Å². The van der Waals surface area contributed by atoms with E-state index < -0.39 is 0 Å². The van der Waals surface area contributed by atoms with Crippen LogP contribution in [0, 0.1) is 0 Å². The number of hydrogen-bond donors (Lipinski definition) is 3. The minimum atomic E-state index is 0.131. The second kappa shape index (κ2) is 5.83. The predicted octanol–water partition coefficient (Wildman–Crippen LogP) is 1.26. The summed E-state index contributed by atoms with van der Waals surface area (Å²) in [6, 6.07) is 0. The van der Waals surface area contributed by atoms with Crippen LogP contribution in [0.4, 0.5) is 5.95 Å². The Labute approximate surface area is 103 Å². The number of aliphatic hydroxyl groups excluding tert-OH is 1. The second-order valence-corrected chi connectivity index (χ2v) is 4.57. The molecule has 0 fully saturated rings. The van der Waals surface area contributed by atoms with Crippen LogP contribution in [-0.4, -0.2) is 44.2 Å². The molecule has 2 heterocycles. The van der Waals surface area contributed by atoms with Crippen molar-refractivity contribution < 1.29 is 5.11 Å². The Hall–Kier alpha value is -1.34. The van der Waals surface area contributed by atoms with Gasteiger partial charge in [0.15, 0.2) is 5.65 Å². The molecule has 6 nitrogen and oxygen atoms in total. The summed E-state index contributed by atoms with van der Waals surface area (Å²) in [6.45, 7) is 3.05. The molecule has 0 bridgehead atoms. The van der Waals surface area contributed by atoms with Crippen molar-refractivity contribution in [1.82, 2.24) is 20.2 Å². The van der Waals surface area contributed by atoms with E-state index in [0.29, 0.717) is 11.7 Å². The number of H-pyrrole nitrogens is 1. The third-order valence-electron chi connectivity index (χ3n) is 2.14. The van der Waals surface area contributed by atoms with Gasteiger partial charge in [0.1, 0.15) is 5.03 Å². The first-order valence-electron chi connectivity index (χ1n) is 5.53. The maximum atomic E-state index is 8.86. The van der Waals surface area contributed by atoms with Crippen LogP contribution in [-0.2, 0) is 0 Å². The Balaban J connectivity index is 2.29. The zero-order valence-corrected chi connectivity index (χ0v) is 10.4. The largest absolute Gasteiger partial charge is 0.396 e. The number of thioether (sulfide) groups is 1. The molecule has 0 aromatic carbocycles. The molecule has 2 aromatic rings. The molecule has 0 spiro atoms. The van der Waals surface area contributed by atoms with Crippen molar-refractivity contribution in [3.05, 3.63) is 6.20 Å². The molecule has 0 saturated carbocycles. The molecule has 0 atom stereocenters. The SMILES string of the molecule is CCCNc1nc(SCCO)c2cn[nH]c2n1. The van der Waals surface area contributed by atoms with E-state index >= 15 is 0 Å². The smallest absolute Gasteiger partial charge is 0.225 e. The zero-order chi connectivity index (χ0) is 12.1. The van der Waals surface area contributed by atoms with E-state index in [0.717, 1.165) is 29.0 Å². The van der Waals surface area contributed by atoms with Crippen LogP contribution in [0.2, 0.25) is 0 Å². The summed E-state index contributed by atoms with van der Waals surface area (Å²) in [4.78, 5) is 8.74. The van der Waals surface area contributed by atoms with Crippen LogP contribution in [0.5, 0.6) is 0 Å². The number of nitrogens with one attached hydrogen (secondary N) is 2. The van der Waals surface area contributed by atoms with E-state index in [1.165, 1.54) is 11.8 Å². The average molecular weight is 253 g/mol. The first kappa shape index (κ1) is 12.1. The molecule has 0 aliphatic rings. The predicted molar refractivity (Wildman–Crippen MR) is 68.3 cm³/mol. The standard InChI is InChI=1S/C10H15N5OS/c1-2-3-11-10-13-8-7(6-12-15-8)9(14-10)17-5-4-16/h6,16H,2-5H2,1H3,(H2,11,12,13,14,15). The molecule has 17 heavy (non-hydrogen) atoms. The number of hydrogen-bond acceptors (Lipinski definition) is 6. The lowest BCUT2D eigenvalue weighted by molar-refractivity contribution is 0.322. The first-order chi connectivity index (χ1) is 8.35.